The minimum atomic E-state index is -0.132. The SMILES string of the molecule is CCc1ccc(C2COCCN2CC(=O)Nc2cc(C)on2)o1. The molecule has 0 bridgehead atoms. The molecule has 1 unspecified atom stereocenters. The van der Waals surface area contributed by atoms with Crippen molar-refractivity contribution >= 4 is 11.7 Å². The van der Waals surface area contributed by atoms with Crippen LogP contribution in [0.2, 0.25) is 0 Å². The molecule has 7 nitrogen and oxygen atoms in total. The van der Waals surface area contributed by atoms with Gasteiger partial charge in [-0.15, -0.1) is 0 Å². The number of hydrogen-bond acceptors (Lipinski definition) is 6. The van der Waals surface area contributed by atoms with Crippen molar-refractivity contribution in [3.05, 3.63) is 35.5 Å². The minimum Gasteiger partial charge on any atom is -0.464 e. The first-order valence-electron chi connectivity index (χ1n) is 7.79. The van der Waals surface area contributed by atoms with Crippen molar-refractivity contribution in [2.45, 2.75) is 26.3 Å². The number of nitrogens with one attached hydrogen (secondary N) is 1. The second kappa shape index (κ2) is 6.97. The molecule has 0 spiro atoms. The van der Waals surface area contributed by atoms with Crippen molar-refractivity contribution in [2.75, 3.05) is 31.6 Å². The van der Waals surface area contributed by atoms with E-state index in [1.54, 1.807) is 13.0 Å². The number of morpholine rings is 1. The van der Waals surface area contributed by atoms with E-state index in [1.165, 1.54) is 0 Å². The lowest BCUT2D eigenvalue weighted by Gasteiger charge is -2.33. The summed E-state index contributed by atoms with van der Waals surface area (Å²) in [6, 6.07) is 5.58. The Morgan fingerprint density at radius 1 is 1.48 bits per heavy atom. The van der Waals surface area contributed by atoms with Crippen molar-refractivity contribution in [3.63, 3.8) is 0 Å². The fraction of sp³-hybridized carbons (Fsp3) is 0.500. The number of aryl methyl sites for hydroxylation is 2. The molecular formula is C16H21N3O4. The number of carbonyl (C=O) groups excluding carboxylic acids is 1. The maximum absolute atomic E-state index is 12.2. The molecule has 3 rings (SSSR count). The number of nitrogens with zero attached hydrogens (tertiary/aromatic N) is 2. The second-order valence-corrected chi connectivity index (χ2v) is 5.59. The number of ether oxygens (including phenoxy) is 1. The highest BCUT2D eigenvalue weighted by atomic mass is 16.5. The van der Waals surface area contributed by atoms with Crippen molar-refractivity contribution in [2.24, 2.45) is 0 Å². The molecule has 0 saturated carbocycles. The quantitative estimate of drug-likeness (QED) is 0.909. The summed E-state index contributed by atoms with van der Waals surface area (Å²) in [7, 11) is 0. The molecule has 23 heavy (non-hydrogen) atoms. The van der Waals surface area contributed by atoms with E-state index in [1.807, 2.05) is 19.1 Å². The van der Waals surface area contributed by atoms with Crippen LogP contribution in [0.15, 0.2) is 27.1 Å². The summed E-state index contributed by atoms with van der Waals surface area (Å²) < 4.78 is 16.3. The first kappa shape index (κ1) is 15.8. The maximum Gasteiger partial charge on any atom is 0.239 e. The standard InChI is InChI=1S/C16H21N3O4/c1-3-12-4-5-14(22-12)13-10-21-7-6-19(13)9-16(20)17-15-8-11(2)23-18-15/h4-5,8,13H,3,6-7,9-10H2,1-2H3,(H,17,18,20). The van der Waals surface area contributed by atoms with Crippen LogP contribution in [-0.2, 0) is 16.0 Å². The summed E-state index contributed by atoms with van der Waals surface area (Å²) in [4.78, 5) is 14.3. The second-order valence-electron chi connectivity index (χ2n) is 5.59. The molecule has 1 aliphatic rings. The van der Waals surface area contributed by atoms with E-state index in [0.717, 1.165) is 17.9 Å². The van der Waals surface area contributed by atoms with Gasteiger partial charge in [0.25, 0.3) is 0 Å². The molecule has 124 valence electrons. The first-order valence-corrected chi connectivity index (χ1v) is 7.79. The lowest BCUT2D eigenvalue weighted by Crippen LogP contribution is -2.43. The Kier molecular flexibility index (Phi) is 4.78. The van der Waals surface area contributed by atoms with Gasteiger partial charge in [0.2, 0.25) is 5.91 Å². The molecule has 3 heterocycles. The molecular weight excluding hydrogens is 298 g/mol. The number of rotatable bonds is 5. The molecule has 7 heteroatoms. The maximum atomic E-state index is 12.2. The third-order valence-electron chi connectivity index (χ3n) is 3.84. The highest BCUT2D eigenvalue weighted by Crippen LogP contribution is 2.26. The fourth-order valence-electron chi connectivity index (χ4n) is 2.65. The zero-order valence-corrected chi connectivity index (χ0v) is 13.4. The van der Waals surface area contributed by atoms with Gasteiger partial charge in [-0.05, 0) is 19.1 Å². The molecule has 1 aliphatic heterocycles. The smallest absolute Gasteiger partial charge is 0.239 e. The van der Waals surface area contributed by atoms with E-state index in [0.29, 0.717) is 31.3 Å². The van der Waals surface area contributed by atoms with E-state index < -0.39 is 0 Å². The Morgan fingerprint density at radius 3 is 3.04 bits per heavy atom. The van der Waals surface area contributed by atoms with Crippen LogP contribution in [0, 0.1) is 6.92 Å². The predicted molar refractivity (Wildman–Crippen MR) is 83.1 cm³/mol. The lowest BCUT2D eigenvalue weighted by molar-refractivity contribution is -0.120. The molecule has 1 atom stereocenters. The number of carbonyl (C=O) groups is 1. The Balaban J connectivity index is 1.65. The monoisotopic (exact) mass is 319 g/mol. The molecule has 1 N–H and O–H groups in total. The van der Waals surface area contributed by atoms with Gasteiger partial charge in [0, 0.05) is 19.0 Å². The molecule has 0 radical (unpaired) electrons. The third-order valence-corrected chi connectivity index (χ3v) is 3.84. The van der Waals surface area contributed by atoms with Gasteiger partial charge in [-0.2, -0.15) is 0 Å². The summed E-state index contributed by atoms with van der Waals surface area (Å²) >= 11 is 0. The van der Waals surface area contributed by atoms with Gasteiger partial charge in [0.1, 0.15) is 17.3 Å². The van der Waals surface area contributed by atoms with Crippen molar-refractivity contribution in [1.82, 2.24) is 10.1 Å². The van der Waals surface area contributed by atoms with Crippen LogP contribution in [-0.4, -0.2) is 42.3 Å². The first-order chi connectivity index (χ1) is 11.2. The van der Waals surface area contributed by atoms with Gasteiger partial charge in [-0.25, -0.2) is 0 Å². The number of anilines is 1. The molecule has 2 aromatic heterocycles. The number of aromatic nitrogens is 1. The summed E-state index contributed by atoms with van der Waals surface area (Å²) in [5.41, 5.74) is 0. The molecule has 2 aromatic rings. The van der Waals surface area contributed by atoms with E-state index in [4.69, 9.17) is 13.7 Å². The lowest BCUT2D eigenvalue weighted by atomic mass is 10.1. The summed E-state index contributed by atoms with van der Waals surface area (Å²) in [6.07, 6.45) is 0.847. The normalized spacial score (nSPS) is 19.0. The van der Waals surface area contributed by atoms with Crippen LogP contribution in [0.3, 0.4) is 0 Å². The van der Waals surface area contributed by atoms with Crippen LogP contribution in [0.1, 0.15) is 30.2 Å². The van der Waals surface area contributed by atoms with Crippen molar-refractivity contribution < 1.29 is 18.5 Å². The van der Waals surface area contributed by atoms with Gasteiger partial charge < -0.3 is 19.0 Å². The third kappa shape index (κ3) is 3.80. The largest absolute Gasteiger partial charge is 0.464 e. The summed E-state index contributed by atoms with van der Waals surface area (Å²) in [6.45, 7) is 5.88. The molecule has 1 amide bonds. The van der Waals surface area contributed by atoms with Gasteiger partial charge in [0.05, 0.1) is 25.8 Å². The van der Waals surface area contributed by atoms with E-state index in [2.05, 4.69) is 15.4 Å². The Morgan fingerprint density at radius 2 is 2.35 bits per heavy atom. The fourth-order valence-corrected chi connectivity index (χ4v) is 2.65. The average molecular weight is 319 g/mol. The van der Waals surface area contributed by atoms with Gasteiger partial charge in [-0.1, -0.05) is 12.1 Å². The average Bonchev–Trinajstić information content (AvgIpc) is 3.17. The highest BCUT2D eigenvalue weighted by molar-refractivity contribution is 5.91. The number of amides is 1. The Bertz CT molecular complexity index is 664. The molecule has 1 fully saturated rings. The van der Waals surface area contributed by atoms with E-state index in [9.17, 15) is 4.79 Å². The van der Waals surface area contributed by atoms with Crippen LogP contribution in [0.25, 0.3) is 0 Å². The predicted octanol–water partition coefficient (Wildman–Crippen LogP) is 2.15. The molecule has 0 aliphatic carbocycles. The minimum absolute atomic E-state index is 0.0474. The van der Waals surface area contributed by atoms with Crippen molar-refractivity contribution in [3.8, 4) is 0 Å². The van der Waals surface area contributed by atoms with Gasteiger partial charge in [0.15, 0.2) is 5.82 Å². The van der Waals surface area contributed by atoms with Crippen LogP contribution >= 0.6 is 0 Å². The molecule has 0 aromatic carbocycles. The van der Waals surface area contributed by atoms with E-state index in [-0.39, 0.29) is 18.5 Å². The zero-order chi connectivity index (χ0) is 16.2. The highest BCUT2D eigenvalue weighted by Gasteiger charge is 2.28. The van der Waals surface area contributed by atoms with Crippen LogP contribution in [0.5, 0.6) is 0 Å². The van der Waals surface area contributed by atoms with Crippen molar-refractivity contribution in [1.29, 1.82) is 0 Å². The summed E-state index contributed by atoms with van der Waals surface area (Å²) in [5, 5.41) is 6.51. The summed E-state index contributed by atoms with van der Waals surface area (Å²) in [5.74, 6) is 2.74. The van der Waals surface area contributed by atoms with E-state index >= 15 is 0 Å². The zero-order valence-electron chi connectivity index (χ0n) is 13.4. The van der Waals surface area contributed by atoms with Gasteiger partial charge >= 0.3 is 0 Å². The number of hydrogen-bond donors (Lipinski definition) is 1. The number of furan rings is 1. The Hall–Kier alpha value is -2.12. The van der Waals surface area contributed by atoms with Crippen LogP contribution in [0.4, 0.5) is 5.82 Å². The molecule has 1 saturated heterocycles. The Labute approximate surface area is 134 Å². The topological polar surface area (TPSA) is 80.7 Å². The van der Waals surface area contributed by atoms with Crippen LogP contribution < -0.4 is 5.32 Å². The van der Waals surface area contributed by atoms with Gasteiger partial charge in [-0.3, -0.25) is 9.69 Å².